The number of hydrogen-bond donors (Lipinski definition) is 2. The van der Waals surface area contributed by atoms with Gasteiger partial charge in [0, 0.05) is 13.5 Å². The van der Waals surface area contributed by atoms with Gasteiger partial charge in [0.1, 0.15) is 0 Å². The van der Waals surface area contributed by atoms with Crippen molar-refractivity contribution in [1.29, 1.82) is 0 Å². The van der Waals surface area contributed by atoms with Gasteiger partial charge in [0.25, 0.3) is 5.97 Å². The highest BCUT2D eigenvalue weighted by atomic mass is 16.6. The van der Waals surface area contributed by atoms with Gasteiger partial charge in [-0.25, -0.2) is 0 Å². The van der Waals surface area contributed by atoms with Crippen molar-refractivity contribution in [3.05, 3.63) is 0 Å². The molecule has 4 nitrogen and oxygen atoms in total. The molecule has 0 fully saturated rings. The molecule has 0 aromatic carbocycles. The molecule has 0 aliphatic carbocycles. The van der Waals surface area contributed by atoms with Crippen molar-refractivity contribution in [1.82, 2.24) is 0 Å². The minimum absolute atomic E-state index is 0.581. The first-order valence-corrected chi connectivity index (χ1v) is 2.99. The Balaban J connectivity index is 0. The summed E-state index contributed by atoms with van der Waals surface area (Å²) in [6.07, 6.45) is -0.602. The summed E-state index contributed by atoms with van der Waals surface area (Å²) in [5.41, 5.74) is 0. The van der Waals surface area contributed by atoms with Crippen LogP contribution in [0, 0.1) is 0 Å². The van der Waals surface area contributed by atoms with Crippen LogP contribution >= 0.6 is 0 Å². The van der Waals surface area contributed by atoms with Gasteiger partial charge in [0.15, 0.2) is 6.29 Å². The molecule has 0 bridgehead atoms. The molecule has 0 heterocycles. The summed E-state index contributed by atoms with van der Waals surface area (Å²) in [6, 6.07) is 0. The Labute approximate surface area is 60.4 Å². The van der Waals surface area contributed by atoms with Gasteiger partial charge in [-0.05, 0) is 13.8 Å². The fraction of sp³-hybridized carbons (Fsp3) is 0.833. The lowest BCUT2D eigenvalue weighted by Crippen LogP contribution is -2.04. The van der Waals surface area contributed by atoms with Crippen LogP contribution in [-0.2, 0) is 9.53 Å². The zero-order valence-corrected chi connectivity index (χ0v) is 6.50. The van der Waals surface area contributed by atoms with E-state index in [-0.39, 0.29) is 0 Å². The monoisotopic (exact) mass is 150 g/mol. The predicted molar refractivity (Wildman–Crippen MR) is 36.6 cm³/mol. The third kappa shape index (κ3) is 52.8. The topological polar surface area (TPSA) is 66.8 Å². The van der Waals surface area contributed by atoms with E-state index < -0.39 is 12.3 Å². The van der Waals surface area contributed by atoms with E-state index in [2.05, 4.69) is 4.74 Å². The average Bonchev–Trinajstić information content (AvgIpc) is 1.62. The second-order valence-corrected chi connectivity index (χ2v) is 1.57. The molecule has 0 radical (unpaired) electrons. The molecule has 10 heavy (non-hydrogen) atoms. The second-order valence-electron chi connectivity index (χ2n) is 1.57. The average molecular weight is 150 g/mol. The summed E-state index contributed by atoms with van der Waals surface area (Å²) in [5.74, 6) is -0.833. The normalized spacial score (nSPS) is 11.2. The summed E-state index contributed by atoms with van der Waals surface area (Å²) >= 11 is 0. The van der Waals surface area contributed by atoms with Gasteiger partial charge in [-0.3, -0.25) is 4.79 Å². The SMILES string of the molecule is CC(=O)O.CCOC(C)O. The zero-order chi connectivity index (χ0) is 8.57. The molecule has 1 atom stereocenters. The van der Waals surface area contributed by atoms with E-state index >= 15 is 0 Å². The first-order valence-electron chi connectivity index (χ1n) is 2.99. The van der Waals surface area contributed by atoms with Crippen LogP contribution in [0.1, 0.15) is 20.8 Å². The first-order chi connectivity index (χ1) is 4.50. The number of carboxylic acid groups (broad SMARTS) is 1. The molecule has 0 saturated heterocycles. The number of rotatable bonds is 2. The van der Waals surface area contributed by atoms with Gasteiger partial charge in [0.05, 0.1) is 0 Å². The minimum atomic E-state index is -0.833. The molecule has 0 rings (SSSR count). The van der Waals surface area contributed by atoms with Crippen LogP contribution in [0.3, 0.4) is 0 Å². The van der Waals surface area contributed by atoms with Crippen molar-refractivity contribution in [2.45, 2.75) is 27.1 Å². The number of carboxylic acids is 1. The summed E-state index contributed by atoms with van der Waals surface area (Å²) in [7, 11) is 0. The molecule has 0 saturated carbocycles. The third-order valence-electron chi connectivity index (χ3n) is 0.408. The molecule has 0 spiro atoms. The van der Waals surface area contributed by atoms with E-state index in [9.17, 15) is 0 Å². The molecule has 0 aliphatic rings. The maximum absolute atomic E-state index is 9.00. The van der Waals surface area contributed by atoms with Crippen LogP contribution in [0.25, 0.3) is 0 Å². The molecule has 0 amide bonds. The van der Waals surface area contributed by atoms with E-state index in [1.807, 2.05) is 6.92 Å². The molecule has 0 aromatic heterocycles. The van der Waals surface area contributed by atoms with Crippen LogP contribution in [0.2, 0.25) is 0 Å². The largest absolute Gasteiger partial charge is 0.481 e. The quantitative estimate of drug-likeness (QED) is 0.561. The maximum atomic E-state index is 9.00. The van der Waals surface area contributed by atoms with Crippen molar-refractivity contribution in [3.8, 4) is 0 Å². The van der Waals surface area contributed by atoms with Crippen molar-refractivity contribution in [3.63, 3.8) is 0 Å². The Kier molecular flexibility index (Phi) is 10.2. The highest BCUT2D eigenvalue weighted by Crippen LogP contribution is 1.78. The summed E-state index contributed by atoms with van der Waals surface area (Å²) in [5, 5.41) is 15.7. The summed E-state index contributed by atoms with van der Waals surface area (Å²) in [4.78, 5) is 9.00. The number of hydrogen-bond acceptors (Lipinski definition) is 3. The molecule has 4 heteroatoms. The lowest BCUT2D eigenvalue weighted by atomic mass is 10.7. The molecule has 0 aliphatic heterocycles. The van der Waals surface area contributed by atoms with Crippen LogP contribution in [0.4, 0.5) is 0 Å². The lowest BCUT2D eigenvalue weighted by molar-refractivity contribution is -0.134. The Morgan fingerprint density at radius 1 is 1.70 bits per heavy atom. The third-order valence-corrected chi connectivity index (χ3v) is 0.408. The molecule has 0 aromatic rings. The van der Waals surface area contributed by atoms with Gasteiger partial charge in [-0.15, -0.1) is 0 Å². The minimum Gasteiger partial charge on any atom is -0.481 e. The smallest absolute Gasteiger partial charge is 0.300 e. The summed E-state index contributed by atoms with van der Waals surface area (Å²) in [6.45, 7) is 5.09. The fourth-order valence-electron chi connectivity index (χ4n) is 0.241. The van der Waals surface area contributed by atoms with Crippen LogP contribution in [-0.4, -0.2) is 29.1 Å². The van der Waals surface area contributed by atoms with Crippen LogP contribution in [0.15, 0.2) is 0 Å². The Bertz CT molecular complexity index is 75.8. The highest BCUT2D eigenvalue weighted by Gasteiger charge is 1.85. The van der Waals surface area contributed by atoms with Crippen molar-refractivity contribution in [2.75, 3.05) is 6.61 Å². The van der Waals surface area contributed by atoms with Gasteiger partial charge < -0.3 is 14.9 Å². The number of aliphatic hydroxyl groups excluding tert-OH is 1. The van der Waals surface area contributed by atoms with Gasteiger partial charge >= 0.3 is 0 Å². The Morgan fingerprint density at radius 2 is 2.00 bits per heavy atom. The number of aliphatic carboxylic acids is 1. The van der Waals surface area contributed by atoms with E-state index in [1.54, 1.807) is 6.92 Å². The zero-order valence-electron chi connectivity index (χ0n) is 6.50. The van der Waals surface area contributed by atoms with Crippen molar-refractivity contribution >= 4 is 5.97 Å². The predicted octanol–water partition coefficient (Wildman–Crippen LogP) is 0.452. The van der Waals surface area contributed by atoms with E-state index in [4.69, 9.17) is 15.0 Å². The van der Waals surface area contributed by atoms with E-state index in [0.29, 0.717) is 6.61 Å². The van der Waals surface area contributed by atoms with Crippen LogP contribution in [0.5, 0.6) is 0 Å². The highest BCUT2D eigenvalue weighted by molar-refractivity contribution is 5.62. The van der Waals surface area contributed by atoms with Gasteiger partial charge in [-0.1, -0.05) is 0 Å². The van der Waals surface area contributed by atoms with Crippen molar-refractivity contribution < 1.29 is 19.7 Å². The maximum Gasteiger partial charge on any atom is 0.300 e. The molecule has 2 N–H and O–H groups in total. The summed E-state index contributed by atoms with van der Waals surface area (Å²) < 4.78 is 4.60. The van der Waals surface area contributed by atoms with E-state index in [0.717, 1.165) is 6.92 Å². The standard InChI is InChI=1S/C4H10O2.C2H4O2/c1-3-6-4(2)5;1-2(3)4/h4-5H,3H2,1-2H3;1H3,(H,3,4). The number of aliphatic hydroxyl groups is 1. The molecule has 1 unspecified atom stereocenters. The van der Waals surface area contributed by atoms with Gasteiger partial charge in [0.2, 0.25) is 0 Å². The second kappa shape index (κ2) is 8.39. The Morgan fingerprint density at radius 3 is 2.00 bits per heavy atom. The van der Waals surface area contributed by atoms with Crippen molar-refractivity contribution in [2.24, 2.45) is 0 Å². The Hall–Kier alpha value is -0.610. The molecular formula is C6H14O4. The molecular weight excluding hydrogens is 136 g/mol. The molecule has 62 valence electrons. The van der Waals surface area contributed by atoms with Gasteiger partial charge in [-0.2, -0.15) is 0 Å². The first kappa shape index (κ1) is 12.1. The van der Waals surface area contributed by atoms with E-state index in [1.165, 1.54) is 0 Å². The lowest BCUT2D eigenvalue weighted by Gasteiger charge is -1.99. The van der Waals surface area contributed by atoms with Crippen LogP contribution < -0.4 is 0 Å². The number of carbonyl (C=O) groups is 1. The number of ether oxygens (including phenoxy) is 1. The fourth-order valence-corrected chi connectivity index (χ4v) is 0.241.